The Morgan fingerprint density at radius 2 is 1.93 bits per heavy atom. The van der Waals surface area contributed by atoms with Gasteiger partial charge >= 0.3 is 51.4 Å². The van der Waals surface area contributed by atoms with E-state index in [2.05, 4.69) is 5.32 Å². The Balaban J connectivity index is -0.000000449. The number of nitrogens with two attached hydrogens (primary N) is 1. The summed E-state index contributed by atoms with van der Waals surface area (Å²) in [6.07, 6.45) is 3.91. The maximum absolute atomic E-state index is 10.9. The third-order valence-corrected chi connectivity index (χ3v) is 1.67. The van der Waals surface area contributed by atoms with E-state index >= 15 is 0 Å². The number of hydrogen-bond donors (Lipinski definition) is 2. The van der Waals surface area contributed by atoms with Crippen LogP contribution in [0.5, 0.6) is 0 Å². The Labute approximate surface area is 135 Å². The molecule has 3 N–H and O–H groups in total. The van der Waals surface area contributed by atoms with Crippen molar-refractivity contribution in [2.45, 2.75) is 46.1 Å². The molecule has 1 atom stereocenters. The van der Waals surface area contributed by atoms with Crippen LogP contribution in [0.15, 0.2) is 0 Å². The van der Waals surface area contributed by atoms with Crippen molar-refractivity contribution < 1.29 is 61.0 Å². The first-order chi connectivity index (χ1) is 6.72. The van der Waals surface area contributed by atoms with Gasteiger partial charge in [-0.05, 0) is 32.7 Å². The van der Waals surface area contributed by atoms with Gasteiger partial charge in [0.2, 0.25) is 0 Å². The van der Waals surface area contributed by atoms with Crippen LogP contribution in [0, 0.1) is 0 Å². The predicted octanol–water partition coefficient (Wildman–Crippen LogP) is -2.24. The van der Waals surface area contributed by atoms with Crippen LogP contribution < -0.4 is 62.4 Å². The minimum Gasteiger partial charge on any atom is -0.521 e. The van der Waals surface area contributed by atoms with E-state index < -0.39 is 0 Å². The first-order valence-electron chi connectivity index (χ1n) is 5.05. The van der Waals surface area contributed by atoms with Gasteiger partial charge in [-0.3, -0.25) is 4.79 Å². The van der Waals surface area contributed by atoms with Crippen molar-refractivity contribution in [3.05, 3.63) is 0 Å². The molecular formula is C10H21KN2O2. The fourth-order valence-corrected chi connectivity index (χ4v) is 0.941. The Kier molecular flexibility index (Phi) is 24.1. The van der Waals surface area contributed by atoms with Crippen molar-refractivity contribution in [3.63, 3.8) is 0 Å². The first-order valence-corrected chi connectivity index (χ1v) is 5.05. The van der Waals surface area contributed by atoms with Gasteiger partial charge in [-0.15, -0.1) is 0 Å². The van der Waals surface area contributed by atoms with Gasteiger partial charge in [0.15, 0.2) is 0 Å². The van der Waals surface area contributed by atoms with E-state index in [0.29, 0.717) is 13.0 Å². The monoisotopic (exact) mass is 240 g/mol. The van der Waals surface area contributed by atoms with Gasteiger partial charge in [-0.2, -0.15) is 6.41 Å². The van der Waals surface area contributed by atoms with Crippen molar-refractivity contribution >= 4 is 12.2 Å². The van der Waals surface area contributed by atoms with Gasteiger partial charge < -0.3 is 15.8 Å². The third kappa shape index (κ3) is 14.7. The van der Waals surface area contributed by atoms with E-state index in [4.69, 9.17) is 5.73 Å². The van der Waals surface area contributed by atoms with E-state index in [1.807, 2.05) is 13.8 Å². The molecule has 84 valence electrons. The number of unbranched alkanes of at least 4 members (excludes halogenated alkanes) is 1. The summed E-state index contributed by atoms with van der Waals surface area (Å²) in [7, 11) is 0. The SMILES string of the molecule is CC.CC(=O)C(CCCCN)N[C-]=O.[K+]. The molecule has 0 aromatic heterocycles. The molecular weight excluding hydrogens is 219 g/mol. The molecule has 1 unspecified atom stereocenters. The summed E-state index contributed by atoms with van der Waals surface area (Å²) >= 11 is 0. The Hall–Kier alpha value is 0.736. The molecule has 0 fully saturated rings. The molecule has 0 aliphatic rings. The molecule has 0 saturated carbocycles. The Morgan fingerprint density at radius 1 is 1.40 bits per heavy atom. The van der Waals surface area contributed by atoms with Crippen LogP contribution in [0.1, 0.15) is 40.0 Å². The number of hydrogen-bond acceptors (Lipinski definition) is 3. The zero-order chi connectivity index (χ0) is 11.4. The van der Waals surface area contributed by atoms with E-state index in [0.717, 1.165) is 12.8 Å². The summed E-state index contributed by atoms with van der Waals surface area (Å²) in [4.78, 5) is 20.8. The summed E-state index contributed by atoms with van der Waals surface area (Å²) in [5.41, 5.74) is 5.28. The van der Waals surface area contributed by atoms with Crippen molar-refractivity contribution in [1.82, 2.24) is 5.32 Å². The van der Waals surface area contributed by atoms with Gasteiger partial charge in [-0.25, -0.2) is 0 Å². The fraction of sp³-hybridized carbons (Fsp3) is 0.800. The molecule has 0 bridgehead atoms. The molecule has 0 aliphatic carbocycles. The standard InChI is InChI=1S/C8H15N2O2.C2H6.K/c1-7(12)8(10-6-11)4-2-3-5-9;1-2;/h8H,2-5,9H2,1H3,(H,10,11);1-2H3;/q-1;;+1. The van der Waals surface area contributed by atoms with Crippen LogP contribution in [0.4, 0.5) is 0 Å². The molecule has 1 amide bonds. The number of carbonyl (C=O) groups excluding carboxylic acids is 2. The normalized spacial score (nSPS) is 10.1. The molecule has 0 rings (SSSR count). The molecule has 0 radical (unpaired) electrons. The Morgan fingerprint density at radius 3 is 2.27 bits per heavy atom. The third-order valence-electron chi connectivity index (χ3n) is 1.67. The van der Waals surface area contributed by atoms with E-state index in [-0.39, 0.29) is 63.2 Å². The number of carbonyl (C=O) groups is 1. The molecule has 15 heavy (non-hydrogen) atoms. The number of amides is 1. The van der Waals surface area contributed by atoms with Crippen LogP contribution in [-0.4, -0.2) is 24.8 Å². The topological polar surface area (TPSA) is 72.2 Å². The van der Waals surface area contributed by atoms with Gasteiger partial charge in [0.1, 0.15) is 5.78 Å². The van der Waals surface area contributed by atoms with Gasteiger partial charge in [0.05, 0.1) is 6.04 Å². The number of nitrogens with one attached hydrogen (secondary N) is 1. The molecule has 5 heteroatoms. The average molecular weight is 240 g/mol. The summed E-state index contributed by atoms with van der Waals surface area (Å²) < 4.78 is 0. The van der Waals surface area contributed by atoms with Crippen LogP contribution in [0.2, 0.25) is 0 Å². The maximum atomic E-state index is 10.9. The zero-order valence-corrected chi connectivity index (χ0v) is 13.4. The quantitative estimate of drug-likeness (QED) is 0.229. The van der Waals surface area contributed by atoms with Crippen LogP contribution in [0.3, 0.4) is 0 Å². The summed E-state index contributed by atoms with van der Waals surface area (Å²) in [6, 6.07) is -0.381. The zero-order valence-electron chi connectivity index (χ0n) is 10.3. The molecule has 4 nitrogen and oxygen atoms in total. The van der Waals surface area contributed by atoms with Crippen molar-refractivity contribution in [1.29, 1.82) is 0 Å². The molecule has 0 spiro atoms. The summed E-state index contributed by atoms with van der Waals surface area (Å²) in [5, 5.41) is 2.35. The largest absolute Gasteiger partial charge is 1.00 e. The predicted molar refractivity (Wildman–Crippen MR) is 57.6 cm³/mol. The number of Topliss-reactive ketones (excluding diaryl/α,β-unsaturated/α-hetero) is 1. The second-order valence-electron chi connectivity index (χ2n) is 2.69. The summed E-state index contributed by atoms with van der Waals surface area (Å²) in [6.45, 7) is 6.08. The van der Waals surface area contributed by atoms with Gasteiger partial charge in [0, 0.05) is 0 Å². The number of ketones is 1. The molecule has 0 saturated heterocycles. The van der Waals surface area contributed by atoms with Crippen molar-refractivity contribution in [2.75, 3.05) is 6.54 Å². The molecule has 0 heterocycles. The maximum Gasteiger partial charge on any atom is 1.00 e. The summed E-state index contributed by atoms with van der Waals surface area (Å²) in [5.74, 6) is -0.0321. The second-order valence-corrected chi connectivity index (χ2v) is 2.69. The van der Waals surface area contributed by atoms with Gasteiger partial charge in [-0.1, -0.05) is 13.8 Å². The molecule has 0 aromatic rings. The minimum absolute atomic E-state index is 0. The van der Waals surface area contributed by atoms with Crippen molar-refractivity contribution in [2.24, 2.45) is 5.73 Å². The van der Waals surface area contributed by atoms with Crippen molar-refractivity contribution in [3.8, 4) is 0 Å². The van der Waals surface area contributed by atoms with Crippen LogP contribution in [-0.2, 0) is 9.59 Å². The first kappa shape index (κ1) is 21.1. The van der Waals surface area contributed by atoms with E-state index in [1.54, 1.807) is 0 Å². The second kappa shape index (κ2) is 17.1. The van der Waals surface area contributed by atoms with E-state index in [1.165, 1.54) is 13.3 Å². The van der Waals surface area contributed by atoms with Crippen LogP contribution in [0.25, 0.3) is 0 Å². The average Bonchev–Trinajstić information content (AvgIpc) is 2.20. The van der Waals surface area contributed by atoms with E-state index in [9.17, 15) is 9.59 Å². The smallest absolute Gasteiger partial charge is 0.521 e. The minimum atomic E-state index is -0.381. The number of rotatable bonds is 7. The molecule has 0 aliphatic heterocycles. The van der Waals surface area contributed by atoms with Gasteiger partial charge in [0.25, 0.3) is 0 Å². The fourth-order valence-electron chi connectivity index (χ4n) is 0.941. The molecule has 0 aromatic carbocycles. The van der Waals surface area contributed by atoms with Crippen LogP contribution >= 0.6 is 0 Å². The Bertz CT molecular complexity index is 154.